The molecule has 2 heterocycles. The third-order valence-electron chi connectivity index (χ3n) is 2.95. The summed E-state index contributed by atoms with van der Waals surface area (Å²) in [5.74, 6) is 0.697. The summed E-state index contributed by atoms with van der Waals surface area (Å²) < 4.78 is 0. The molecule has 0 radical (unpaired) electrons. The Bertz CT molecular complexity index is 435. The van der Waals surface area contributed by atoms with E-state index in [1.165, 1.54) is 18.9 Å². The summed E-state index contributed by atoms with van der Waals surface area (Å²) in [6.45, 7) is 4.96. The van der Waals surface area contributed by atoms with Gasteiger partial charge in [0.25, 0.3) is 5.56 Å². The van der Waals surface area contributed by atoms with Crippen LogP contribution in [-0.2, 0) is 6.54 Å². The van der Waals surface area contributed by atoms with Gasteiger partial charge in [-0.25, -0.2) is 4.79 Å². The zero-order chi connectivity index (χ0) is 11.5. The number of hydrogen-bond acceptors (Lipinski definition) is 3. The highest BCUT2D eigenvalue weighted by Gasteiger charge is 2.16. The number of nitrogens with one attached hydrogen (secondary N) is 2. The van der Waals surface area contributed by atoms with E-state index in [2.05, 4.69) is 21.8 Å². The standard InChI is InChI=1S/C11H17N3O2/c1-8-3-2-4-14(6-8)7-9-5-10(15)13-11(16)12-9/h5,8H,2-4,6-7H2,1H3,(H2,12,13,15,16). The van der Waals surface area contributed by atoms with Crippen molar-refractivity contribution < 1.29 is 0 Å². The molecule has 0 spiro atoms. The molecule has 1 aliphatic rings. The van der Waals surface area contributed by atoms with Gasteiger partial charge in [-0.05, 0) is 25.3 Å². The summed E-state index contributed by atoms with van der Waals surface area (Å²) >= 11 is 0. The number of aromatic nitrogens is 2. The summed E-state index contributed by atoms with van der Waals surface area (Å²) in [7, 11) is 0. The zero-order valence-corrected chi connectivity index (χ0v) is 9.45. The number of nitrogens with zero attached hydrogens (tertiary/aromatic N) is 1. The van der Waals surface area contributed by atoms with Crippen molar-refractivity contribution in [3.63, 3.8) is 0 Å². The van der Waals surface area contributed by atoms with Crippen molar-refractivity contribution in [2.45, 2.75) is 26.3 Å². The van der Waals surface area contributed by atoms with Gasteiger partial charge in [0.05, 0.1) is 0 Å². The van der Waals surface area contributed by atoms with Crippen LogP contribution in [0.5, 0.6) is 0 Å². The highest BCUT2D eigenvalue weighted by molar-refractivity contribution is 4.98. The van der Waals surface area contributed by atoms with E-state index in [9.17, 15) is 9.59 Å². The number of hydrogen-bond donors (Lipinski definition) is 2. The second-order valence-corrected chi connectivity index (χ2v) is 4.60. The smallest absolute Gasteiger partial charge is 0.310 e. The summed E-state index contributed by atoms with van der Waals surface area (Å²) in [5, 5.41) is 0. The molecule has 2 rings (SSSR count). The van der Waals surface area contributed by atoms with Gasteiger partial charge in [-0.3, -0.25) is 14.7 Å². The zero-order valence-electron chi connectivity index (χ0n) is 9.45. The van der Waals surface area contributed by atoms with E-state index in [1.807, 2.05) is 0 Å². The molecule has 0 bridgehead atoms. The summed E-state index contributed by atoms with van der Waals surface area (Å²) in [4.78, 5) is 29.3. The first-order valence-electron chi connectivity index (χ1n) is 5.68. The van der Waals surface area contributed by atoms with Crippen molar-refractivity contribution in [1.29, 1.82) is 0 Å². The molecule has 1 saturated heterocycles. The normalized spacial score (nSPS) is 22.2. The Labute approximate surface area is 93.5 Å². The number of aromatic amines is 2. The fourth-order valence-corrected chi connectivity index (χ4v) is 2.28. The summed E-state index contributed by atoms with van der Waals surface area (Å²) in [5.41, 5.74) is -0.0563. The first-order valence-corrected chi connectivity index (χ1v) is 5.68. The van der Waals surface area contributed by atoms with E-state index in [1.54, 1.807) is 0 Å². The van der Waals surface area contributed by atoms with Crippen LogP contribution in [0.1, 0.15) is 25.5 Å². The maximum absolute atomic E-state index is 11.1. The van der Waals surface area contributed by atoms with Crippen LogP contribution in [0.3, 0.4) is 0 Å². The minimum atomic E-state index is -0.424. The molecular formula is C11H17N3O2. The SMILES string of the molecule is CC1CCCN(Cc2cc(=O)[nH]c(=O)[nH]2)C1. The van der Waals surface area contributed by atoms with Gasteiger partial charge in [-0.1, -0.05) is 6.92 Å². The largest absolute Gasteiger partial charge is 0.325 e. The Morgan fingerprint density at radius 2 is 2.25 bits per heavy atom. The van der Waals surface area contributed by atoms with E-state index in [4.69, 9.17) is 0 Å². The minimum Gasteiger partial charge on any atom is -0.310 e. The van der Waals surface area contributed by atoms with Crippen LogP contribution in [0.2, 0.25) is 0 Å². The van der Waals surface area contributed by atoms with E-state index < -0.39 is 5.69 Å². The highest BCUT2D eigenvalue weighted by atomic mass is 16.2. The van der Waals surface area contributed by atoms with Gasteiger partial charge in [0.15, 0.2) is 0 Å². The van der Waals surface area contributed by atoms with Gasteiger partial charge in [0, 0.05) is 24.8 Å². The molecule has 1 atom stereocenters. The van der Waals surface area contributed by atoms with E-state index in [0.717, 1.165) is 13.1 Å². The molecule has 0 amide bonds. The van der Waals surface area contributed by atoms with Crippen molar-refractivity contribution in [3.8, 4) is 0 Å². The Kier molecular flexibility index (Phi) is 3.24. The molecule has 1 unspecified atom stereocenters. The molecular weight excluding hydrogens is 206 g/mol. The quantitative estimate of drug-likeness (QED) is 0.757. The van der Waals surface area contributed by atoms with Gasteiger partial charge in [-0.2, -0.15) is 0 Å². The van der Waals surface area contributed by atoms with Crippen molar-refractivity contribution in [2.24, 2.45) is 5.92 Å². The summed E-state index contributed by atoms with van der Waals surface area (Å²) in [6, 6.07) is 1.46. The van der Waals surface area contributed by atoms with Crippen molar-refractivity contribution >= 4 is 0 Å². The van der Waals surface area contributed by atoms with Crippen LogP contribution in [0, 0.1) is 5.92 Å². The maximum Gasteiger partial charge on any atom is 0.325 e. The third kappa shape index (κ3) is 2.82. The van der Waals surface area contributed by atoms with Crippen LogP contribution < -0.4 is 11.2 Å². The van der Waals surface area contributed by atoms with Crippen LogP contribution in [-0.4, -0.2) is 28.0 Å². The fourth-order valence-electron chi connectivity index (χ4n) is 2.28. The second kappa shape index (κ2) is 4.65. The lowest BCUT2D eigenvalue weighted by molar-refractivity contribution is 0.174. The molecule has 1 aromatic heterocycles. The van der Waals surface area contributed by atoms with Gasteiger partial charge in [0.2, 0.25) is 0 Å². The Morgan fingerprint density at radius 1 is 1.44 bits per heavy atom. The van der Waals surface area contributed by atoms with Gasteiger partial charge >= 0.3 is 5.69 Å². The molecule has 1 aromatic rings. The van der Waals surface area contributed by atoms with Gasteiger partial charge in [-0.15, -0.1) is 0 Å². The molecule has 2 N–H and O–H groups in total. The van der Waals surface area contributed by atoms with Crippen LogP contribution in [0.4, 0.5) is 0 Å². The van der Waals surface area contributed by atoms with Crippen molar-refractivity contribution in [2.75, 3.05) is 13.1 Å². The van der Waals surface area contributed by atoms with Crippen molar-refractivity contribution in [1.82, 2.24) is 14.9 Å². The molecule has 1 fully saturated rings. The molecule has 5 heteroatoms. The number of H-pyrrole nitrogens is 2. The molecule has 0 aromatic carbocycles. The Balaban J connectivity index is 2.08. The molecule has 88 valence electrons. The Morgan fingerprint density at radius 3 is 2.94 bits per heavy atom. The first kappa shape index (κ1) is 11.1. The lowest BCUT2D eigenvalue weighted by Gasteiger charge is -2.30. The van der Waals surface area contributed by atoms with E-state index in [-0.39, 0.29) is 5.56 Å². The maximum atomic E-state index is 11.1. The van der Waals surface area contributed by atoms with Crippen molar-refractivity contribution in [3.05, 3.63) is 32.6 Å². The molecule has 1 aliphatic heterocycles. The second-order valence-electron chi connectivity index (χ2n) is 4.60. The average molecular weight is 223 g/mol. The van der Waals surface area contributed by atoms with Crippen LogP contribution in [0.15, 0.2) is 15.7 Å². The van der Waals surface area contributed by atoms with Crippen LogP contribution >= 0.6 is 0 Å². The molecule has 16 heavy (non-hydrogen) atoms. The van der Waals surface area contributed by atoms with Gasteiger partial charge in [0.1, 0.15) is 0 Å². The Hall–Kier alpha value is -1.36. The predicted octanol–water partition coefficient (Wildman–Crippen LogP) is 0.295. The topological polar surface area (TPSA) is 69.0 Å². The van der Waals surface area contributed by atoms with Crippen LogP contribution in [0.25, 0.3) is 0 Å². The highest BCUT2D eigenvalue weighted by Crippen LogP contribution is 2.16. The van der Waals surface area contributed by atoms with E-state index in [0.29, 0.717) is 18.2 Å². The average Bonchev–Trinajstić information content (AvgIpc) is 2.15. The number of likely N-dealkylation sites (tertiary alicyclic amines) is 1. The summed E-state index contributed by atoms with van der Waals surface area (Å²) in [6.07, 6.45) is 2.46. The van der Waals surface area contributed by atoms with E-state index >= 15 is 0 Å². The molecule has 0 saturated carbocycles. The molecule has 0 aliphatic carbocycles. The molecule has 5 nitrogen and oxygen atoms in total. The third-order valence-corrected chi connectivity index (χ3v) is 2.95. The lowest BCUT2D eigenvalue weighted by atomic mass is 10.0. The number of rotatable bonds is 2. The van der Waals surface area contributed by atoms with Gasteiger partial charge < -0.3 is 4.98 Å². The lowest BCUT2D eigenvalue weighted by Crippen LogP contribution is -2.35. The minimum absolute atomic E-state index is 0.330. The predicted molar refractivity (Wildman–Crippen MR) is 61.4 cm³/mol. The first-order chi connectivity index (χ1) is 7.63. The monoisotopic (exact) mass is 223 g/mol. The fraction of sp³-hybridized carbons (Fsp3) is 0.636. The number of piperidine rings is 1.